The van der Waals surface area contributed by atoms with Gasteiger partial charge >= 0.3 is 5.97 Å². The van der Waals surface area contributed by atoms with Crippen LogP contribution in [0.3, 0.4) is 0 Å². The van der Waals surface area contributed by atoms with E-state index in [0.29, 0.717) is 5.56 Å². The number of benzene rings is 1. The lowest BCUT2D eigenvalue weighted by Gasteiger charge is -2.06. The van der Waals surface area contributed by atoms with Gasteiger partial charge in [-0.15, -0.1) is 0 Å². The van der Waals surface area contributed by atoms with E-state index in [0.717, 1.165) is 17.5 Å². The molecule has 0 saturated carbocycles. The maximum absolute atomic E-state index is 11.2. The summed E-state index contributed by atoms with van der Waals surface area (Å²) in [5, 5.41) is 0. The first kappa shape index (κ1) is 9.74. The van der Waals surface area contributed by atoms with Crippen molar-refractivity contribution in [3.63, 3.8) is 0 Å². The second-order valence-corrected chi connectivity index (χ2v) is 2.85. The summed E-state index contributed by atoms with van der Waals surface area (Å²) >= 11 is 0. The lowest BCUT2D eigenvalue weighted by Crippen LogP contribution is -2.12. The highest BCUT2D eigenvalue weighted by atomic mass is 16.7. The number of nitrogens with two attached hydrogens (primary N) is 1. The maximum Gasteiger partial charge on any atom is 0.356 e. The van der Waals surface area contributed by atoms with Gasteiger partial charge in [-0.3, -0.25) is 0 Å². The normalized spacial score (nSPS) is 9.77. The topological polar surface area (TPSA) is 52.3 Å². The van der Waals surface area contributed by atoms with E-state index in [9.17, 15) is 4.79 Å². The van der Waals surface area contributed by atoms with Crippen LogP contribution in [0, 0.1) is 6.92 Å². The molecule has 0 heterocycles. The molecule has 0 saturated heterocycles. The van der Waals surface area contributed by atoms with E-state index >= 15 is 0 Å². The van der Waals surface area contributed by atoms with Gasteiger partial charge in [0.15, 0.2) is 0 Å². The molecule has 3 nitrogen and oxygen atoms in total. The zero-order chi connectivity index (χ0) is 9.84. The zero-order valence-electron chi connectivity index (χ0n) is 7.83. The van der Waals surface area contributed by atoms with Crippen LogP contribution in [-0.4, -0.2) is 5.97 Å². The van der Waals surface area contributed by atoms with Crippen molar-refractivity contribution in [1.82, 2.24) is 0 Å². The Balaban J connectivity index is 3.15. The average molecular weight is 179 g/mol. The summed E-state index contributed by atoms with van der Waals surface area (Å²) in [6.07, 6.45) is 0.900. The standard InChI is InChI=1S/C10H13NO2/c1-3-8-5-4-6-9(7(8)2)10(12)13-11/h4-6H,3,11H2,1-2H3. The monoisotopic (exact) mass is 179 g/mol. The van der Waals surface area contributed by atoms with Gasteiger partial charge in [0.1, 0.15) is 0 Å². The molecule has 0 amide bonds. The predicted molar refractivity (Wildman–Crippen MR) is 50.2 cm³/mol. The lowest BCUT2D eigenvalue weighted by atomic mass is 10.0. The van der Waals surface area contributed by atoms with E-state index in [1.54, 1.807) is 6.07 Å². The SMILES string of the molecule is CCc1cccc(C(=O)ON)c1C. The number of rotatable bonds is 2. The van der Waals surface area contributed by atoms with Crippen LogP contribution < -0.4 is 5.90 Å². The van der Waals surface area contributed by atoms with Crippen LogP contribution in [0.2, 0.25) is 0 Å². The Kier molecular flexibility index (Phi) is 3.03. The van der Waals surface area contributed by atoms with E-state index in [-0.39, 0.29) is 0 Å². The van der Waals surface area contributed by atoms with E-state index < -0.39 is 5.97 Å². The molecule has 2 N–H and O–H groups in total. The van der Waals surface area contributed by atoms with Crippen molar-refractivity contribution >= 4 is 5.97 Å². The van der Waals surface area contributed by atoms with Crippen molar-refractivity contribution in [3.8, 4) is 0 Å². The Morgan fingerprint density at radius 2 is 2.23 bits per heavy atom. The highest BCUT2D eigenvalue weighted by Crippen LogP contribution is 2.14. The molecule has 0 radical (unpaired) electrons. The van der Waals surface area contributed by atoms with Gasteiger partial charge in [-0.1, -0.05) is 19.1 Å². The molecule has 1 rings (SSSR count). The van der Waals surface area contributed by atoms with Crippen molar-refractivity contribution < 1.29 is 9.63 Å². The van der Waals surface area contributed by atoms with Gasteiger partial charge in [-0.25, -0.2) is 4.79 Å². The number of carbonyl (C=O) groups is 1. The fourth-order valence-electron chi connectivity index (χ4n) is 1.35. The van der Waals surface area contributed by atoms with E-state index in [1.165, 1.54) is 0 Å². The van der Waals surface area contributed by atoms with Crippen LogP contribution in [0.4, 0.5) is 0 Å². The fraction of sp³-hybridized carbons (Fsp3) is 0.300. The predicted octanol–water partition coefficient (Wildman–Crippen LogP) is 1.59. The number of hydrogen-bond donors (Lipinski definition) is 1. The minimum atomic E-state index is -0.479. The number of hydrogen-bond acceptors (Lipinski definition) is 3. The molecular weight excluding hydrogens is 166 g/mol. The largest absolute Gasteiger partial charge is 0.370 e. The third-order valence-corrected chi connectivity index (χ3v) is 2.15. The van der Waals surface area contributed by atoms with Gasteiger partial charge in [-0.2, -0.15) is 5.90 Å². The molecule has 0 aliphatic carbocycles. The van der Waals surface area contributed by atoms with Gasteiger partial charge in [0.05, 0.1) is 5.56 Å². The van der Waals surface area contributed by atoms with Gasteiger partial charge in [0.25, 0.3) is 0 Å². The Morgan fingerprint density at radius 1 is 1.54 bits per heavy atom. The molecule has 0 spiro atoms. The zero-order valence-corrected chi connectivity index (χ0v) is 7.83. The van der Waals surface area contributed by atoms with E-state index in [1.807, 2.05) is 26.0 Å². The molecular formula is C10H13NO2. The summed E-state index contributed by atoms with van der Waals surface area (Å²) in [6.45, 7) is 3.94. The van der Waals surface area contributed by atoms with Gasteiger partial charge in [-0.05, 0) is 30.5 Å². The minimum absolute atomic E-state index is 0.479. The van der Waals surface area contributed by atoms with Crippen LogP contribution in [0.15, 0.2) is 18.2 Å². The molecule has 0 atom stereocenters. The highest BCUT2D eigenvalue weighted by molar-refractivity contribution is 5.91. The maximum atomic E-state index is 11.2. The fourth-order valence-corrected chi connectivity index (χ4v) is 1.35. The third kappa shape index (κ3) is 1.87. The molecule has 0 aliphatic heterocycles. The number of carbonyl (C=O) groups excluding carboxylic acids is 1. The van der Waals surface area contributed by atoms with Gasteiger partial charge in [0, 0.05) is 0 Å². The Morgan fingerprint density at radius 3 is 2.77 bits per heavy atom. The van der Waals surface area contributed by atoms with Crippen LogP contribution in [0.5, 0.6) is 0 Å². The van der Waals surface area contributed by atoms with E-state index in [4.69, 9.17) is 5.90 Å². The molecule has 3 heteroatoms. The summed E-state index contributed by atoms with van der Waals surface area (Å²) in [7, 11) is 0. The second-order valence-electron chi connectivity index (χ2n) is 2.85. The lowest BCUT2D eigenvalue weighted by molar-refractivity contribution is 0.0502. The van der Waals surface area contributed by atoms with Crippen molar-refractivity contribution in [2.45, 2.75) is 20.3 Å². The Bertz CT molecular complexity index is 321. The molecule has 0 fully saturated rings. The second kappa shape index (κ2) is 4.05. The van der Waals surface area contributed by atoms with Gasteiger partial charge in [0.2, 0.25) is 0 Å². The summed E-state index contributed by atoms with van der Waals surface area (Å²) in [4.78, 5) is 15.3. The van der Waals surface area contributed by atoms with Crippen molar-refractivity contribution in [2.75, 3.05) is 0 Å². The Hall–Kier alpha value is -1.35. The highest BCUT2D eigenvalue weighted by Gasteiger charge is 2.10. The van der Waals surface area contributed by atoms with Crippen molar-refractivity contribution in [2.24, 2.45) is 5.90 Å². The van der Waals surface area contributed by atoms with Crippen LogP contribution >= 0.6 is 0 Å². The summed E-state index contributed by atoms with van der Waals surface area (Å²) in [5.41, 5.74) is 2.63. The van der Waals surface area contributed by atoms with Crippen molar-refractivity contribution in [1.29, 1.82) is 0 Å². The molecule has 0 aliphatic rings. The quantitative estimate of drug-likeness (QED) is 0.701. The van der Waals surface area contributed by atoms with Crippen LogP contribution in [0.1, 0.15) is 28.4 Å². The van der Waals surface area contributed by atoms with Crippen LogP contribution in [0.25, 0.3) is 0 Å². The average Bonchev–Trinajstić information content (AvgIpc) is 2.17. The molecule has 1 aromatic rings. The Labute approximate surface area is 77.5 Å². The molecule has 70 valence electrons. The first-order valence-electron chi connectivity index (χ1n) is 4.20. The minimum Gasteiger partial charge on any atom is -0.370 e. The van der Waals surface area contributed by atoms with E-state index in [2.05, 4.69) is 4.84 Å². The summed E-state index contributed by atoms with van der Waals surface area (Å²) in [6, 6.07) is 5.53. The first-order valence-corrected chi connectivity index (χ1v) is 4.20. The molecule has 0 aromatic heterocycles. The summed E-state index contributed by atoms with van der Waals surface area (Å²) in [5.74, 6) is 4.34. The van der Waals surface area contributed by atoms with Crippen LogP contribution in [-0.2, 0) is 11.3 Å². The summed E-state index contributed by atoms with van der Waals surface area (Å²) < 4.78 is 0. The molecule has 13 heavy (non-hydrogen) atoms. The third-order valence-electron chi connectivity index (χ3n) is 2.15. The first-order chi connectivity index (χ1) is 6.20. The molecule has 0 unspecified atom stereocenters. The smallest absolute Gasteiger partial charge is 0.356 e. The molecule has 0 bridgehead atoms. The van der Waals surface area contributed by atoms with Gasteiger partial charge < -0.3 is 4.84 Å². The van der Waals surface area contributed by atoms with Crippen molar-refractivity contribution in [3.05, 3.63) is 34.9 Å². The molecule has 1 aromatic carbocycles. The number of aryl methyl sites for hydroxylation is 1.